The van der Waals surface area contributed by atoms with E-state index in [2.05, 4.69) is 9.88 Å². The molecule has 0 atom stereocenters. The lowest BCUT2D eigenvalue weighted by molar-refractivity contribution is 0.334. The molecular weight excluding hydrogens is 322 g/mol. The lowest BCUT2D eigenvalue weighted by Crippen LogP contribution is -2.46. The second-order valence-electron chi connectivity index (χ2n) is 7.77. The maximum Gasteiger partial charge on any atom is 0.229 e. The summed E-state index contributed by atoms with van der Waals surface area (Å²) in [5, 5.41) is 10.3. The van der Waals surface area contributed by atoms with E-state index in [1.807, 2.05) is 30.3 Å². The molecule has 2 aromatic rings. The standard InChI is InChI=1S/C22H29N3O/c26-21-16-20(17-10-4-1-5-11-17)23-22(24-21)25(18-12-6-2-7-13-18)19-14-8-3-9-15-19/h1,4-5,10-11,16,18-19H,2-3,6-9,12-15H2,(H,23,24,26). The molecule has 4 rings (SSSR count). The van der Waals surface area contributed by atoms with Crippen LogP contribution in [-0.2, 0) is 0 Å². The summed E-state index contributed by atoms with van der Waals surface area (Å²) < 4.78 is 0. The number of nitrogens with zero attached hydrogens (tertiary/aromatic N) is 3. The summed E-state index contributed by atoms with van der Waals surface area (Å²) >= 11 is 0. The molecule has 1 N–H and O–H groups in total. The molecule has 0 saturated heterocycles. The van der Waals surface area contributed by atoms with Crippen molar-refractivity contribution >= 4 is 5.95 Å². The third-order valence-corrected chi connectivity index (χ3v) is 5.94. The second-order valence-corrected chi connectivity index (χ2v) is 7.77. The van der Waals surface area contributed by atoms with Gasteiger partial charge in [-0.2, -0.15) is 4.98 Å². The Morgan fingerprint density at radius 3 is 1.92 bits per heavy atom. The van der Waals surface area contributed by atoms with Crippen LogP contribution in [0.2, 0.25) is 0 Å². The minimum absolute atomic E-state index is 0.0745. The van der Waals surface area contributed by atoms with E-state index >= 15 is 0 Å². The quantitative estimate of drug-likeness (QED) is 0.810. The van der Waals surface area contributed by atoms with Crippen LogP contribution in [0.1, 0.15) is 64.2 Å². The fourth-order valence-electron chi connectivity index (χ4n) is 4.64. The molecule has 1 aromatic carbocycles. The van der Waals surface area contributed by atoms with Gasteiger partial charge >= 0.3 is 0 Å². The molecule has 1 aromatic heterocycles. The van der Waals surface area contributed by atoms with Gasteiger partial charge in [0.15, 0.2) is 0 Å². The first-order chi connectivity index (χ1) is 12.8. The molecule has 1 heterocycles. The van der Waals surface area contributed by atoms with Gasteiger partial charge in [-0.25, -0.2) is 4.98 Å². The smallest absolute Gasteiger partial charge is 0.229 e. The fourth-order valence-corrected chi connectivity index (χ4v) is 4.64. The van der Waals surface area contributed by atoms with E-state index in [0.29, 0.717) is 12.1 Å². The zero-order chi connectivity index (χ0) is 17.8. The van der Waals surface area contributed by atoms with E-state index in [9.17, 15) is 5.11 Å². The van der Waals surface area contributed by atoms with Crippen molar-refractivity contribution in [2.75, 3.05) is 4.90 Å². The summed E-state index contributed by atoms with van der Waals surface area (Å²) in [5.74, 6) is 0.799. The topological polar surface area (TPSA) is 49.3 Å². The fraction of sp³-hybridized carbons (Fsp3) is 0.545. The molecule has 2 saturated carbocycles. The summed E-state index contributed by atoms with van der Waals surface area (Å²) in [7, 11) is 0. The minimum Gasteiger partial charge on any atom is -0.493 e. The van der Waals surface area contributed by atoms with Gasteiger partial charge in [0.1, 0.15) is 0 Å². The van der Waals surface area contributed by atoms with Crippen LogP contribution in [0.5, 0.6) is 5.88 Å². The summed E-state index contributed by atoms with van der Waals surface area (Å²) in [6.45, 7) is 0. The second kappa shape index (κ2) is 8.07. The molecular formula is C22H29N3O. The number of hydrogen-bond donors (Lipinski definition) is 1. The molecule has 26 heavy (non-hydrogen) atoms. The SMILES string of the molecule is Oc1cc(-c2ccccc2)nc(N(C2CCCCC2)C2CCCCC2)n1. The summed E-state index contributed by atoms with van der Waals surface area (Å²) in [6.07, 6.45) is 12.7. The highest BCUT2D eigenvalue weighted by atomic mass is 16.3. The molecule has 138 valence electrons. The van der Waals surface area contributed by atoms with Crippen LogP contribution in [0.4, 0.5) is 5.95 Å². The highest BCUT2D eigenvalue weighted by Gasteiger charge is 2.31. The predicted octanol–water partition coefficient (Wildman–Crippen LogP) is 5.32. The molecule has 4 nitrogen and oxygen atoms in total. The number of aromatic hydroxyl groups is 1. The molecule has 0 unspecified atom stereocenters. The maximum absolute atomic E-state index is 10.3. The van der Waals surface area contributed by atoms with Gasteiger partial charge in [0.05, 0.1) is 5.69 Å². The van der Waals surface area contributed by atoms with E-state index < -0.39 is 0 Å². The molecule has 2 fully saturated rings. The van der Waals surface area contributed by atoms with E-state index in [0.717, 1.165) is 17.2 Å². The molecule has 0 aliphatic heterocycles. The first-order valence-corrected chi connectivity index (χ1v) is 10.2. The Morgan fingerprint density at radius 1 is 0.769 bits per heavy atom. The van der Waals surface area contributed by atoms with Crippen LogP contribution in [0.15, 0.2) is 36.4 Å². The van der Waals surface area contributed by atoms with Gasteiger partial charge in [-0.1, -0.05) is 68.9 Å². The first-order valence-electron chi connectivity index (χ1n) is 10.2. The molecule has 0 spiro atoms. The molecule has 4 heteroatoms. The lowest BCUT2D eigenvalue weighted by Gasteiger charge is -2.41. The van der Waals surface area contributed by atoms with Crippen molar-refractivity contribution in [3.63, 3.8) is 0 Å². The van der Waals surface area contributed by atoms with Crippen LogP contribution in [-0.4, -0.2) is 27.2 Å². The summed E-state index contributed by atoms with van der Waals surface area (Å²) in [5.41, 5.74) is 1.84. The van der Waals surface area contributed by atoms with Crippen LogP contribution in [0, 0.1) is 0 Å². The van der Waals surface area contributed by atoms with Gasteiger partial charge < -0.3 is 10.0 Å². The number of benzene rings is 1. The van der Waals surface area contributed by atoms with Crippen molar-refractivity contribution in [2.24, 2.45) is 0 Å². The van der Waals surface area contributed by atoms with Crippen molar-refractivity contribution in [2.45, 2.75) is 76.3 Å². The van der Waals surface area contributed by atoms with Crippen molar-refractivity contribution < 1.29 is 5.11 Å². The van der Waals surface area contributed by atoms with E-state index in [1.54, 1.807) is 6.07 Å². The average molecular weight is 351 g/mol. The minimum atomic E-state index is 0.0745. The molecule has 0 bridgehead atoms. The zero-order valence-corrected chi connectivity index (χ0v) is 15.5. The molecule has 0 amide bonds. The van der Waals surface area contributed by atoms with Gasteiger partial charge in [-0.15, -0.1) is 0 Å². The average Bonchev–Trinajstić information content (AvgIpc) is 2.70. The number of aromatic nitrogens is 2. The Kier molecular flexibility index (Phi) is 5.37. The van der Waals surface area contributed by atoms with E-state index in [-0.39, 0.29) is 5.88 Å². The van der Waals surface area contributed by atoms with Gasteiger partial charge in [-0.05, 0) is 25.7 Å². The Bertz CT molecular complexity index is 689. The third-order valence-electron chi connectivity index (χ3n) is 5.94. The monoisotopic (exact) mass is 351 g/mol. The van der Waals surface area contributed by atoms with Crippen LogP contribution < -0.4 is 4.90 Å². The summed E-state index contributed by atoms with van der Waals surface area (Å²) in [4.78, 5) is 11.9. The largest absolute Gasteiger partial charge is 0.493 e. The van der Waals surface area contributed by atoms with Crippen LogP contribution in [0.3, 0.4) is 0 Å². The number of hydrogen-bond acceptors (Lipinski definition) is 4. The third kappa shape index (κ3) is 3.84. The van der Waals surface area contributed by atoms with Crippen LogP contribution >= 0.6 is 0 Å². The Labute approximate surface area is 156 Å². The Morgan fingerprint density at radius 2 is 1.35 bits per heavy atom. The van der Waals surface area contributed by atoms with Crippen molar-refractivity contribution in [3.8, 4) is 17.1 Å². The normalized spacial score (nSPS) is 19.4. The number of anilines is 1. The Balaban J connectivity index is 1.71. The van der Waals surface area contributed by atoms with E-state index in [4.69, 9.17) is 4.98 Å². The van der Waals surface area contributed by atoms with Crippen molar-refractivity contribution in [1.82, 2.24) is 9.97 Å². The predicted molar refractivity (Wildman–Crippen MR) is 105 cm³/mol. The Hall–Kier alpha value is -2.10. The molecule has 2 aliphatic rings. The van der Waals surface area contributed by atoms with Crippen molar-refractivity contribution in [3.05, 3.63) is 36.4 Å². The highest BCUT2D eigenvalue weighted by molar-refractivity contribution is 5.61. The first kappa shape index (κ1) is 17.3. The molecule has 0 radical (unpaired) electrons. The number of rotatable bonds is 4. The summed E-state index contributed by atoms with van der Waals surface area (Å²) in [6, 6.07) is 12.8. The maximum atomic E-state index is 10.3. The van der Waals surface area contributed by atoms with Gasteiger partial charge in [-0.3, -0.25) is 0 Å². The van der Waals surface area contributed by atoms with Crippen LogP contribution in [0.25, 0.3) is 11.3 Å². The van der Waals surface area contributed by atoms with Gasteiger partial charge in [0.2, 0.25) is 11.8 Å². The highest BCUT2D eigenvalue weighted by Crippen LogP contribution is 2.34. The van der Waals surface area contributed by atoms with E-state index in [1.165, 1.54) is 64.2 Å². The van der Waals surface area contributed by atoms with Gasteiger partial charge in [0.25, 0.3) is 0 Å². The lowest BCUT2D eigenvalue weighted by atomic mass is 9.89. The zero-order valence-electron chi connectivity index (χ0n) is 15.5. The van der Waals surface area contributed by atoms with Crippen molar-refractivity contribution in [1.29, 1.82) is 0 Å². The molecule has 2 aliphatic carbocycles. The van der Waals surface area contributed by atoms with Gasteiger partial charge in [0, 0.05) is 23.7 Å².